The first kappa shape index (κ1) is 39.6. The van der Waals surface area contributed by atoms with Crippen LogP contribution in [0.15, 0.2) is 48.5 Å². The Hall–Kier alpha value is -3.53. The number of esters is 1. The molecule has 2 rings (SSSR count). The van der Waals surface area contributed by atoms with Crippen LogP contribution in [-0.4, -0.2) is 70.6 Å². The van der Waals surface area contributed by atoms with Crippen molar-refractivity contribution in [2.75, 3.05) is 18.6 Å². The summed E-state index contributed by atoms with van der Waals surface area (Å²) in [5, 5.41) is 5.76. The number of amides is 3. The molecule has 10 heteroatoms. The third-order valence-corrected chi connectivity index (χ3v) is 7.86. The van der Waals surface area contributed by atoms with Crippen molar-refractivity contribution in [3.05, 3.63) is 70.8 Å². The number of unbranched alkanes of at least 4 members (excludes halogenated alkanes) is 1. The van der Waals surface area contributed by atoms with Gasteiger partial charge >= 0.3 is 12.1 Å². The molecule has 2 aromatic rings. The summed E-state index contributed by atoms with van der Waals surface area (Å²) in [5.41, 5.74) is 1.72. The van der Waals surface area contributed by atoms with Gasteiger partial charge in [0.25, 0.3) is 0 Å². The summed E-state index contributed by atoms with van der Waals surface area (Å²) in [5.74, 6) is -0.858. The predicted octanol–water partition coefficient (Wildman–Crippen LogP) is 6.69. The molecule has 260 valence electrons. The number of nitrogens with zero attached hydrogens (tertiary/aromatic N) is 1. The molecule has 0 fully saturated rings. The van der Waals surface area contributed by atoms with E-state index in [1.54, 1.807) is 58.2 Å². The molecule has 2 aromatic carbocycles. The summed E-state index contributed by atoms with van der Waals surface area (Å²) < 4.78 is 11.2. The highest BCUT2D eigenvalue weighted by molar-refractivity contribution is 7.98. The number of alkyl carbamates (subject to hydrolysis) is 1. The van der Waals surface area contributed by atoms with Crippen molar-refractivity contribution in [2.45, 2.75) is 117 Å². The summed E-state index contributed by atoms with van der Waals surface area (Å²) >= 11 is 1.56. The molecular formula is C37H55N3O6S. The topological polar surface area (TPSA) is 114 Å². The van der Waals surface area contributed by atoms with Crippen LogP contribution in [-0.2, 0) is 30.3 Å². The molecule has 9 nitrogen and oxygen atoms in total. The van der Waals surface area contributed by atoms with Gasteiger partial charge in [-0.1, -0.05) is 67.4 Å². The monoisotopic (exact) mass is 669 g/mol. The van der Waals surface area contributed by atoms with Crippen molar-refractivity contribution in [2.24, 2.45) is 0 Å². The van der Waals surface area contributed by atoms with Crippen molar-refractivity contribution in [3.63, 3.8) is 0 Å². The van der Waals surface area contributed by atoms with Gasteiger partial charge in [0.2, 0.25) is 11.8 Å². The fourth-order valence-corrected chi connectivity index (χ4v) is 5.48. The molecule has 0 aromatic heterocycles. The Labute approximate surface area is 285 Å². The van der Waals surface area contributed by atoms with Gasteiger partial charge in [-0.15, -0.1) is 0 Å². The van der Waals surface area contributed by atoms with Crippen LogP contribution in [0.25, 0.3) is 0 Å². The maximum Gasteiger partial charge on any atom is 0.408 e. The summed E-state index contributed by atoms with van der Waals surface area (Å²) in [6.45, 7) is 16.7. The molecule has 3 amide bonds. The first-order chi connectivity index (χ1) is 22.0. The minimum Gasteiger partial charge on any atom is -0.458 e. The Bertz CT molecular complexity index is 1340. The van der Waals surface area contributed by atoms with E-state index in [-0.39, 0.29) is 13.0 Å². The van der Waals surface area contributed by atoms with E-state index >= 15 is 0 Å². The van der Waals surface area contributed by atoms with Gasteiger partial charge in [0.05, 0.1) is 0 Å². The Morgan fingerprint density at radius 1 is 0.872 bits per heavy atom. The van der Waals surface area contributed by atoms with Gasteiger partial charge < -0.3 is 25.0 Å². The summed E-state index contributed by atoms with van der Waals surface area (Å²) in [7, 11) is 0. The molecule has 3 atom stereocenters. The van der Waals surface area contributed by atoms with Crippen molar-refractivity contribution in [3.8, 4) is 0 Å². The van der Waals surface area contributed by atoms with Gasteiger partial charge in [0, 0.05) is 13.0 Å². The number of thioether (sulfide) groups is 1. The van der Waals surface area contributed by atoms with Crippen molar-refractivity contribution in [1.29, 1.82) is 0 Å². The van der Waals surface area contributed by atoms with Crippen LogP contribution >= 0.6 is 11.8 Å². The maximum atomic E-state index is 14.6. The number of nitrogens with one attached hydrogen (secondary N) is 2. The van der Waals surface area contributed by atoms with Gasteiger partial charge in [0.15, 0.2) is 0 Å². The van der Waals surface area contributed by atoms with Crippen LogP contribution in [0.1, 0.15) is 96.0 Å². The smallest absolute Gasteiger partial charge is 0.408 e. The van der Waals surface area contributed by atoms with Crippen molar-refractivity contribution in [1.82, 2.24) is 15.5 Å². The first-order valence-corrected chi connectivity index (χ1v) is 17.8. The molecule has 0 aliphatic rings. The van der Waals surface area contributed by atoms with Crippen molar-refractivity contribution < 1.29 is 28.7 Å². The van der Waals surface area contributed by atoms with E-state index in [2.05, 4.69) is 10.6 Å². The first-order valence-electron chi connectivity index (χ1n) is 16.4. The molecular weight excluding hydrogens is 614 g/mol. The largest absolute Gasteiger partial charge is 0.458 e. The Balaban J connectivity index is 2.65. The highest BCUT2D eigenvalue weighted by Crippen LogP contribution is 2.28. The third kappa shape index (κ3) is 13.6. The lowest BCUT2D eigenvalue weighted by Crippen LogP contribution is -2.55. The SMILES string of the molecule is CCCCN(C(=O)C(CCSC)NC(=O)OC(C)(C)C)C(C(=O)NC(Cc1ccccc1)C(=O)OC(C)(C)C)c1cc(C)ccc1C. The summed E-state index contributed by atoms with van der Waals surface area (Å²) in [6, 6.07) is 12.2. The van der Waals surface area contributed by atoms with E-state index < -0.39 is 53.2 Å². The summed E-state index contributed by atoms with van der Waals surface area (Å²) in [6.07, 6.45) is 3.18. The molecule has 2 N–H and O–H groups in total. The van der Waals surface area contributed by atoms with E-state index in [1.165, 1.54) is 0 Å². The molecule has 0 heterocycles. The molecule has 0 aliphatic heterocycles. The molecule has 0 aliphatic carbocycles. The standard InChI is InChI=1S/C37H55N3O6S/c1-11-12-21-40(33(42)29(20-22-47-10)39-35(44)46-37(7,8)9)31(28-23-25(2)18-19-26(28)3)32(41)38-30(34(43)45-36(4,5)6)24-27-16-14-13-15-17-27/h13-19,23,29-31H,11-12,20-22,24H2,1-10H3,(H,38,41)(H,39,44). The van der Waals surface area contributed by atoms with Gasteiger partial charge in [-0.2, -0.15) is 11.8 Å². The minimum absolute atomic E-state index is 0.209. The zero-order valence-corrected chi connectivity index (χ0v) is 30.7. The van der Waals surface area contributed by atoms with Gasteiger partial charge in [-0.25, -0.2) is 9.59 Å². The zero-order chi connectivity index (χ0) is 35.4. The van der Waals surface area contributed by atoms with Crippen molar-refractivity contribution >= 4 is 35.6 Å². The maximum absolute atomic E-state index is 14.6. The number of rotatable bonds is 15. The molecule has 0 saturated carbocycles. The van der Waals surface area contributed by atoms with Crippen LogP contribution in [0.3, 0.4) is 0 Å². The second kappa shape index (κ2) is 18.1. The molecule has 0 bridgehead atoms. The molecule has 0 radical (unpaired) electrons. The Morgan fingerprint density at radius 2 is 1.51 bits per heavy atom. The van der Waals surface area contributed by atoms with Crippen LogP contribution in [0, 0.1) is 13.8 Å². The lowest BCUT2D eigenvalue weighted by Gasteiger charge is -2.36. The molecule has 47 heavy (non-hydrogen) atoms. The van der Waals surface area contributed by atoms with E-state index in [0.29, 0.717) is 24.2 Å². The lowest BCUT2D eigenvalue weighted by atomic mass is 9.95. The summed E-state index contributed by atoms with van der Waals surface area (Å²) in [4.78, 5) is 57.2. The fourth-order valence-electron chi connectivity index (χ4n) is 5.01. The van der Waals surface area contributed by atoms with Crippen LogP contribution in [0.4, 0.5) is 4.79 Å². The number of hydrogen-bond donors (Lipinski definition) is 2. The van der Waals surface area contributed by atoms with E-state index in [9.17, 15) is 19.2 Å². The number of aryl methyl sites for hydroxylation is 2. The van der Waals surface area contributed by atoms with Gasteiger partial charge in [0.1, 0.15) is 29.3 Å². The van der Waals surface area contributed by atoms with Gasteiger partial charge in [-0.05, 0) is 96.9 Å². The quantitative estimate of drug-likeness (QED) is 0.203. The third-order valence-electron chi connectivity index (χ3n) is 7.22. The normalized spacial score (nSPS) is 13.6. The number of hydrogen-bond acceptors (Lipinski definition) is 7. The number of benzene rings is 2. The van der Waals surface area contributed by atoms with Gasteiger partial charge in [-0.3, -0.25) is 9.59 Å². The zero-order valence-electron chi connectivity index (χ0n) is 29.9. The lowest BCUT2D eigenvalue weighted by molar-refractivity contribution is -0.159. The van der Waals surface area contributed by atoms with E-state index in [0.717, 1.165) is 23.1 Å². The highest BCUT2D eigenvalue weighted by Gasteiger charge is 2.38. The minimum atomic E-state index is -1.08. The second-order valence-corrected chi connectivity index (χ2v) is 14.9. The number of carbonyl (C=O) groups excluding carboxylic acids is 4. The average molecular weight is 670 g/mol. The second-order valence-electron chi connectivity index (χ2n) is 13.9. The highest BCUT2D eigenvalue weighted by atomic mass is 32.2. The van der Waals surface area contributed by atoms with Crippen LogP contribution in [0.2, 0.25) is 0 Å². The van der Waals surface area contributed by atoms with Crippen LogP contribution in [0.5, 0.6) is 0 Å². The molecule has 0 saturated heterocycles. The predicted molar refractivity (Wildman–Crippen MR) is 189 cm³/mol. The fraction of sp³-hybridized carbons (Fsp3) is 0.568. The Kier molecular flexibility index (Phi) is 15.3. The molecule has 3 unspecified atom stereocenters. The number of ether oxygens (including phenoxy) is 2. The van der Waals surface area contributed by atoms with Crippen LogP contribution < -0.4 is 10.6 Å². The van der Waals surface area contributed by atoms with E-state index in [1.807, 2.05) is 75.6 Å². The Morgan fingerprint density at radius 3 is 2.09 bits per heavy atom. The van der Waals surface area contributed by atoms with E-state index in [4.69, 9.17) is 9.47 Å². The average Bonchev–Trinajstić information content (AvgIpc) is 2.96. The number of carbonyl (C=O) groups is 4. The molecule has 0 spiro atoms.